The first-order valence-electron chi connectivity index (χ1n) is 12.4. The van der Waals surface area contributed by atoms with E-state index in [0.717, 1.165) is 36.1 Å². The van der Waals surface area contributed by atoms with Gasteiger partial charge in [0.25, 0.3) is 5.89 Å². The van der Waals surface area contributed by atoms with Gasteiger partial charge in [-0.25, -0.2) is 9.78 Å². The highest BCUT2D eigenvalue weighted by Crippen LogP contribution is 2.36. The van der Waals surface area contributed by atoms with Crippen LogP contribution in [0.1, 0.15) is 61.8 Å². The number of anilines is 1. The summed E-state index contributed by atoms with van der Waals surface area (Å²) in [4.78, 5) is 22.3. The molecule has 0 bridgehead atoms. The SMILES string of the molecule is CCCNc1ncc(-c2nc(-c3ccc4c(c3C)CCN(C(=O)O)CC4CC(C)C)no2)cc1C#N. The van der Waals surface area contributed by atoms with Gasteiger partial charge in [0.2, 0.25) is 5.82 Å². The fraction of sp³-hybridized carbons (Fsp3) is 0.444. The molecule has 0 aliphatic carbocycles. The molecule has 1 amide bonds. The second-order valence-electron chi connectivity index (χ2n) is 9.69. The van der Waals surface area contributed by atoms with Crippen molar-refractivity contribution in [3.8, 4) is 28.9 Å². The number of hydrogen-bond donors (Lipinski definition) is 2. The monoisotopic (exact) mass is 488 g/mol. The largest absolute Gasteiger partial charge is 0.465 e. The molecule has 0 fully saturated rings. The molecule has 4 rings (SSSR count). The number of fused-ring (bicyclic) bond motifs is 1. The van der Waals surface area contributed by atoms with Crippen molar-refractivity contribution in [1.82, 2.24) is 20.0 Å². The van der Waals surface area contributed by atoms with Gasteiger partial charge in [0.05, 0.1) is 11.1 Å². The highest BCUT2D eigenvalue weighted by Gasteiger charge is 2.28. The number of aromatic nitrogens is 3. The first kappa shape index (κ1) is 25.2. The van der Waals surface area contributed by atoms with Gasteiger partial charge < -0.3 is 19.8 Å². The number of rotatable bonds is 7. The molecule has 0 saturated carbocycles. The van der Waals surface area contributed by atoms with E-state index >= 15 is 0 Å². The molecule has 0 radical (unpaired) electrons. The molecule has 36 heavy (non-hydrogen) atoms. The van der Waals surface area contributed by atoms with Crippen molar-refractivity contribution < 1.29 is 14.4 Å². The molecule has 2 N–H and O–H groups in total. The Kier molecular flexibility index (Phi) is 7.53. The molecule has 1 atom stereocenters. The van der Waals surface area contributed by atoms with Crippen LogP contribution in [0.15, 0.2) is 28.9 Å². The van der Waals surface area contributed by atoms with Crippen molar-refractivity contribution in [2.24, 2.45) is 5.92 Å². The molecule has 2 aromatic heterocycles. The van der Waals surface area contributed by atoms with E-state index in [1.165, 1.54) is 10.5 Å². The van der Waals surface area contributed by atoms with Crippen LogP contribution in [-0.4, -0.2) is 50.9 Å². The third kappa shape index (κ3) is 5.18. The molecule has 1 unspecified atom stereocenters. The molecular formula is C27H32N6O3. The molecule has 1 aliphatic rings. The van der Waals surface area contributed by atoms with Gasteiger partial charge in [-0.15, -0.1) is 0 Å². The maximum Gasteiger partial charge on any atom is 0.407 e. The highest BCUT2D eigenvalue weighted by molar-refractivity contribution is 5.68. The van der Waals surface area contributed by atoms with Crippen LogP contribution in [0.4, 0.5) is 10.6 Å². The van der Waals surface area contributed by atoms with Gasteiger partial charge in [0, 0.05) is 37.3 Å². The smallest absolute Gasteiger partial charge is 0.407 e. The molecule has 0 spiro atoms. The summed E-state index contributed by atoms with van der Waals surface area (Å²) in [7, 11) is 0. The minimum Gasteiger partial charge on any atom is -0.465 e. The summed E-state index contributed by atoms with van der Waals surface area (Å²) in [6, 6.07) is 7.96. The van der Waals surface area contributed by atoms with E-state index < -0.39 is 6.09 Å². The first-order valence-corrected chi connectivity index (χ1v) is 12.4. The zero-order chi connectivity index (χ0) is 25.8. The number of nitrogens with zero attached hydrogens (tertiary/aromatic N) is 5. The van der Waals surface area contributed by atoms with Crippen LogP contribution in [0.3, 0.4) is 0 Å². The van der Waals surface area contributed by atoms with E-state index in [0.29, 0.717) is 54.1 Å². The second-order valence-corrected chi connectivity index (χ2v) is 9.69. The molecule has 9 heteroatoms. The average Bonchev–Trinajstić information content (AvgIpc) is 3.26. The summed E-state index contributed by atoms with van der Waals surface area (Å²) in [6.07, 6.45) is 3.23. The Hall–Kier alpha value is -3.93. The molecule has 9 nitrogen and oxygen atoms in total. The summed E-state index contributed by atoms with van der Waals surface area (Å²) in [5.74, 6) is 1.88. The topological polar surface area (TPSA) is 128 Å². The van der Waals surface area contributed by atoms with Crippen molar-refractivity contribution in [2.75, 3.05) is 25.0 Å². The first-order chi connectivity index (χ1) is 17.3. The number of carbonyl (C=O) groups is 1. The van der Waals surface area contributed by atoms with Crippen LogP contribution >= 0.6 is 0 Å². The van der Waals surface area contributed by atoms with Crippen molar-refractivity contribution in [3.05, 3.63) is 46.6 Å². The number of amides is 1. The summed E-state index contributed by atoms with van der Waals surface area (Å²) in [5, 5.41) is 26.6. The van der Waals surface area contributed by atoms with Crippen LogP contribution in [0, 0.1) is 24.2 Å². The summed E-state index contributed by atoms with van der Waals surface area (Å²) >= 11 is 0. The summed E-state index contributed by atoms with van der Waals surface area (Å²) < 4.78 is 5.55. The Balaban J connectivity index is 1.67. The van der Waals surface area contributed by atoms with E-state index in [1.54, 1.807) is 12.3 Å². The van der Waals surface area contributed by atoms with Gasteiger partial charge >= 0.3 is 6.09 Å². The minimum atomic E-state index is -0.876. The van der Waals surface area contributed by atoms with E-state index in [2.05, 4.69) is 46.4 Å². The number of nitriles is 1. The van der Waals surface area contributed by atoms with Crippen LogP contribution < -0.4 is 5.32 Å². The van der Waals surface area contributed by atoms with Crippen LogP contribution in [-0.2, 0) is 6.42 Å². The standard InChI is InChI=1S/C27H32N6O3/c1-5-9-29-24-18(13-28)12-19(14-30-24)26-31-25(32-36-26)22-6-7-23-20(11-16(2)3)15-33(27(34)35)10-8-21(23)17(22)4/h6-7,12,14,16,20H,5,8-11,15H2,1-4H3,(H,29,30)(H,34,35). The zero-order valence-electron chi connectivity index (χ0n) is 21.2. The fourth-order valence-corrected chi connectivity index (χ4v) is 4.88. The lowest BCUT2D eigenvalue weighted by atomic mass is 9.84. The van der Waals surface area contributed by atoms with Gasteiger partial charge in [-0.3, -0.25) is 0 Å². The number of hydrogen-bond acceptors (Lipinski definition) is 7. The fourth-order valence-electron chi connectivity index (χ4n) is 4.88. The van der Waals surface area contributed by atoms with E-state index in [1.807, 2.05) is 19.9 Å². The highest BCUT2D eigenvalue weighted by atomic mass is 16.5. The minimum absolute atomic E-state index is 0.141. The van der Waals surface area contributed by atoms with E-state index in [-0.39, 0.29) is 5.92 Å². The third-order valence-corrected chi connectivity index (χ3v) is 6.64. The maximum absolute atomic E-state index is 11.8. The van der Waals surface area contributed by atoms with Gasteiger partial charge in [0.1, 0.15) is 11.9 Å². The molecule has 3 aromatic rings. The number of nitrogens with one attached hydrogen (secondary N) is 1. The van der Waals surface area contributed by atoms with Crippen molar-refractivity contribution in [2.45, 2.75) is 52.9 Å². The van der Waals surface area contributed by atoms with Crippen LogP contribution in [0.25, 0.3) is 22.8 Å². The van der Waals surface area contributed by atoms with Gasteiger partial charge in [-0.2, -0.15) is 10.2 Å². The Labute approximate surface area is 211 Å². The zero-order valence-corrected chi connectivity index (χ0v) is 21.2. The van der Waals surface area contributed by atoms with Gasteiger partial charge in [-0.1, -0.05) is 38.1 Å². The molecule has 0 saturated heterocycles. The number of carboxylic acid groups (broad SMARTS) is 1. The van der Waals surface area contributed by atoms with Crippen molar-refractivity contribution in [1.29, 1.82) is 5.26 Å². The molecule has 3 heterocycles. The van der Waals surface area contributed by atoms with Crippen molar-refractivity contribution >= 4 is 11.9 Å². The Bertz CT molecular complexity index is 1290. The Morgan fingerprint density at radius 1 is 1.39 bits per heavy atom. The molecular weight excluding hydrogens is 456 g/mol. The lowest BCUT2D eigenvalue weighted by Gasteiger charge is -2.24. The predicted molar refractivity (Wildman–Crippen MR) is 137 cm³/mol. The third-order valence-electron chi connectivity index (χ3n) is 6.64. The number of benzene rings is 1. The lowest BCUT2D eigenvalue weighted by Crippen LogP contribution is -2.33. The molecule has 188 valence electrons. The van der Waals surface area contributed by atoms with E-state index in [9.17, 15) is 15.2 Å². The Morgan fingerprint density at radius 3 is 2.89 bits per heavy atom. The van der Waals surface area contributed by atoms with Gasteiger partial charge in [0.15, 0.2) is 0 Å². The lowest BCUT2D eigenvalue weighted by molar-refractivity contribution is 0.142. The Morgan fingerprint density at radius 2 is 2.19 bits per heavy atom. The van der Waals surface area contributed by atoms with Crippen LogP contribution in [0.2, 0.25) is 0 Å². The summed E-state index contributed by atoms with van der Waals surface area (Å²) in [6.45, 7) is 10.1. The maximum atomic E-state index is 11.8. The number of pyridine rings is 1. The predicted octanol–water partition coefficient (Wildman–Crippen LogP) is 5.47. The van der Waals surface area contributed by atoms with Crippen molar-refractivity contribution in [3.63, 3.8) is 0 Å². The molecule has 1 aliphatic heterocycles. The second kappa shape index (κ2) is 10.8. The van der Waals surface area contributed by atoms with Gasteiger partial charge in [-0.05, 0) is 54.9 Å². The summed E-state index contributed by atoms with van der Waals surface area (Å²) in [5.41, 5.74) is 5.25. The van der Waals surface area contributed by atoms with Crippen LogP contribution in [0.5, 0.6) is 0 Å². The average molecular weight is 489 g/mol. The van der Waals surface area contributed by atoms with E-state index in [4.69, 9.17) is 4.52 Å². The normalized spacial score (nSPS) is 15.3. The quantitative estimate of drug-likeness (QED) is 0.448. The molecule has 1 aromatic carbocycles.